The van der Waals surface area contributed by atoms with Crippen molar-refractivity contribution in [2.45, 2.75) is 44.9 Å². The lowest BCUT2D eigenvalue weighted by atomic mass is 10.2. The summed E-state index contributed by atoms with van der Waals surface area (Å²) in [7, 11) is 1.30. The summed E-state index contributed by atoms with van der Waals surface area (Å²) in [5.74, 6) is 0.124. The molecule has 1 aliphatic heterocycles. The second-order valence-electron chi connectivity index (χ2n) is 6.46. The number of halogens is 1. The summed E-state index contributed by atoms with van der Waals surface area (Å²) in [5.41, 5.74) is -0.646. The number of nitrogens with zero attached hydrogens (tertiary/aromatic N) is 2. The van der Waals surface area contributed by atoms with Crippen molar-refractivity contribution in [1.29, 1.82) is 0 Å². The van der Waals surface area contributed by atoms with Crippen LogP contribution in [-0.2, 0) is 14.3 Å². The molecule has 2 atom stereocenters. The molecule has 1 aromatic heterocycles. The number of hydrogen-bond donors (Lipinski definition) is 0. The molecule has 2 heterocycles. The fourth-order valence-corrected chi connectivity index (χ4v) is 2.76. The minimum Gasteiger partial charge on any atom is -0.488 e. The standard InChI is InChI=1S/C16H21BrN2O5/c1-16(2,3)24-15(21)19-9-11(7-12(19)14(20)22-4)23-10-5-6-18-13(17)8-10/h5-6,8,11-12H,7,9H2,1-4H3/t11-,12-/m0/s1. The second kappa shape index (κ2) is 7.38. The van der Waals surface area contributed by atoms with Crippen molar-refractivity contribution in [2.24, 2.45) is 0 Å². The first kappa shape index (κ1) is 18.5. The molecule has 0 radical (unpaired) electrons. The lowest BCUT2D eigenvalue weighted by Crippen LogP contribution is -2.44. The summed E-state index contributed by atoms with van der Waals surface area (Å²) in [6.45, 7) is 5.57. The Labute approximate surface area is 149 Å². The molecule has 0 spiro atoms. The molecule has 0 saturated carbocycles. The highest BCUT2D eigenvalue weighted by molar-refractivity contribution is 9.10. The van der Waals surface area contributed by atoms with Crippen LogP contribution in [0, 0.1) is 0 Å². The third-order valence-corrected chi connectivity index (χ3v) is 3.80. The van der Waals surface area contributed by atoms with E-state index in [0.29, 0.717) is 16.8 Å². The van der Waals surface area contributed by atoms with E-state index < -0.39 is 23.7 Å². The van der Waals surface area contributed by atoms with Crippen LogP contribution < -0.4 is 4.74 Å². The molecule has 132 valence electrons. The minimum absolute atomic E-state index is 0.245. The minimum atomic E-state index is -0.722. The van der Waals surface area contributed by atoms with Gasteiger partial charge < -0.3 is 14.2 Å². The molecular formula is C16H21BrN2O5. The maximum atomic E-state index is 12.4. The SMILES string of the molecule is COC(=O)[C@@H]1C[C@H](Oc2ccnc(Br)c2)CN1C(=O)OC(C)(C)C. The van der Waals surface area contributed by atoms with E-state index in [-0.39, 0.29) is 12.6 Å². The van der Waals surface area contributed by atoms with Crippen LogP contribution >= 0.6 is 15.9 Å². The smallest absolute Gasteiger partial charge is 0.411 e. The molecule has 1 amide bonds. The Morgan fingerprint density at radius 2 is 2.08 bits per heavy atom. The number of rotatable bonds is 3. The second-order valence-corrected chi connectivity index (χ2v) is 7.27. The fraction of sp³-hybridized carbons (Fsp3) is 0.562. The van der Waals surface area contributed by atoms with Gasteiger partial charge in [0.2, 0.25) is 0 Å². The predicted octanol–water partition coefficient (Wildman–Crippen LogP) is 2.77. The Morgan fingerprint density at radius 1 is 1.38 bits per heavy atom. The quantitative estimate of drug-likeness (QED) is 0.573. The highest BCUT2D eigenvalue weighted by atomic mass is 79.9. The summed E-state index contributed by atoms with van der Waals surface area (Å²) < 4.78 is 16.7. The monoisotopic (exact) mass is 400 g/mol. The number of esters is 1. The summed E-state index contributed by atoms with van der Waals surface area (Å²) in [6.07, 6.45) is 1.06. The molecule has 2 rings (SSSR count). The summed E-state index contributed by atoms with van der Waals surface area (Å²) >= 11 is 3.28. The van der Waals surface area contributed by atoms with Crippen LogP contribution in [0.4, 0.5) is 4.79 Å². The highest BCUT2D eigenvalue weighted by Gasteiger charge is 2.43. The van der Waals surface area contributed by atoms with Crippen LogP contribution in [0.2, 0.25) is 0 Å². The molecular weight excluding hydrogens is 380 g/mol. The van der Waals surface area contributed by atoms with Gasteiger partial charge in [0.25, 0.3) is 0 Å². The van der Waals surface area contributed by atoms with Gasteiger partial charge in [0.15, 0.2) is 0 Å². The van der Waals surface area contributed by atoms with Crippen molar-refractivity contribution in [3.63, 3.8) is 0 Å². The molecule has 7 nitrogen and oxygen atoms in total. The lowest BCUT2D eigenvalue weighted by molar-refractivity contribution is -0.145. The van der Waals surface area contributed by atoms with Crippen LogP contribution in [0.15, 0.2) is 22.9 Å². The van der Waals surface area contributed by atoms with Gasteiger partial charge in [0, 0.05) is 18.7 Å². The van der Waals surface area contributed by atoms with E-state index in [2.05, 4.69) is 20.9 Å². The number of likely N-dealkylation sites (tertiary alicyclic amines) is 1. The Hall–Kier alpha value is -1.83. The van der Waals surface area contributed by atoms with Gasteiger partial charge in [-0.25, -0.2) is 14.6 Å². The van der Waals surface area contributed by atoms with Crippen molar-refractivity contribution in [1.82, 2.24) is 9.88 Å². The normalized spacial score (nSPS) is 20.6. The number of carbonyl (C=O) groups excluding carboxylic acids is 2. The van der Waals surface area contributed by atoms with Crippen molar-refractivity contribution in [3.8, 4) is 5.75 Å². The van der Waals surface area contributed by atoms with Gasteiger partial charge in [-0.3, -0.25) is 4.90 Å². The van der Waals surface area contributed by atoms with Crippen LogP contribution in [0.25, 0.3) is 0 Å². The molecule has 1 saturated heterocycles. The zero-order chi connectivity index (χ0) is 17.9. The molecule has 1 aliphatic rings. The Balaban J connectivity index is 2.11. The molecule has 0 N–H and O–H groups in total. The first-order chi connectivity index (χ1) is 11.2. The van der Waals surface area contributed by atoms with Gasteiger partial charge >= 0.3 is 12.1 Å². The maximum Gasteiger partial charge on any atom is 0.411 e. The summed E-state index contributed by atoms with van der Waals surface area (Å²) in [5, 5.41) is 0. The number of amides is 1. The van der Waals surface area contributed by atoms with Crippen LogP contribution in [0.3, 0.4) is 0 Å². The molecule has 1 aromatic rings. The van der Waals surface area contributed by atoms with Crippen molar-refractivity contribution in [2.75, 3.05) is 13.7 Å². The van der Waals surface area contributed by atoms with E-state index in [4.69, 9.17) is 14.2 Å². The average molecular weight is 401 g/mol. The third-order valence-electron chi connectivity index (χ3n) is 3.36. The summed E-state index contributed by atoms with van der Waals surface area (Å²) in [6, 6.07) is 2.72. The number of pyridine rings is 1. The van der Waals surface area contributed by atoms with E-state index in [1.165, 1.54) is 12.0 Å². The van der Waals surface area contributed by atoms with Crippen molar-refractivity contribution in [3.05, 3.63) is 22.9 Å². The number of carbonyl (C=O) groups is 2. The average Bonchev–Trinajstić information content (AvgIpc) is 2.88. The van der Waals surface area contributed by atoms with Gasteiger partial charge in [-0.05, 0) is 42.8 Å². The molecule has 0 bridgehead atoms. The first-order valence-corrected chi connectivity index (χ1v) is 8.34. The first-order valence-electron chi connectivity index (χ1n) is 7.55. The van der Waals surface area contributed by atoms with Crippen LogP contribution in [0.5, 0.6) is 5.75 Å². The van der Waals surface area contributed by atoms with Crippen LogP contribution in [0.1, 0.15) is 27.2 Å². The number of hydrogen-bond acceptors (Lipinski definition) is 6. The van der Waals surface area contributed by atoms with Crippen molar-refractivity contribution >= 4 is 28.0 Å². The van der Waals surface area contributed by atoms with E-state index in [0.717, 1.165) is 0 Å². The van der Waals surface area contributed by atoms with Gasteiger partial charge in [-0.15, -0.1) is 0 Å². The van der Waals surface area contributed by atoms with Crippen molar-refractivity contribution < 1.29 is 23.8 Å². The Bertz CT molecular complexity index is 617. The molecule has 24 heavy (non-hydrogen) atoms. The fourth-order valence-electron chi connectivity index (χ4n) is 2.42. The van der Waals surface area contributed by atoms with Gasteiger partial charge in [0.1, 0.15) is 28.1 Å². The molecule has 0 unspecified atom stereocenters. The Kier molecular flexibility index (Phi) is 5.69. The molecule has 0 aliphatic carbocycles. The van der Waals surface area contributed by atoms with E-state index in [9.17, 15) is 9.59 Å². The van der Waals surface area contributed by atoms with Gasteiger partial charge in [0.05, 0.1) is 13.7 Å². The molecule has 8 heteroatoms. The van der Waals surface area contributed by atoms with Gasteiger partial charge in [-0.2, -0.15) is 0 Å². The summed E-state index contributed by atoms with van der Waals surface area (Å²) in [4.78, 5) is 29.8. The largest absolute Gasteiger partial charge is 0.488 e. The number of aromatic nitrogens is 1. The van der Waals surface area contributed by atoms with Crippen LogP contribution in [-0.4, -0.2) is 53.3 Å². The van der Waals surface area contributed by atoms with E-state index in [1.54, 1.807) is 39.1 Å². The van der Waals surface area contributed by atoms with Gasteiger partial charge in [-0.1, -0.05) is 0 Å². The Morgan fingerprint density at radius 3 is 2.67 bits per heavy atom. The lowest BCUT2D eigenvalue weighted by Gasteiger charge is -2.27. The molecule has 0 aromatic carbocycles. The zero-order valence-electron chi connectivity index (χ0n) is 14.1. The predicted molar refractivity (Wildman–Crippen MR) is 89.7 cm³/mol. The van der Waals surface area contributed by atoms with E-state index in [1.807, 2.05) is 0 Å². The zero-order valence-corrected chi connectivity index (χ0v) is 15.7. The third kappa shape index (κ3) is 4.83. The maximum absolute atomic E-state index is 12.4. The number of methoxy groups -OCH3 is 1. The molecule has 1 fully saturated rings. The highest BCUT2D eigenvalue weighted by Crippen LogP contribution is 2.26. The topological polar surface area (TPSA) is 78.0 Å². The number of ether oxygens (including phenoxy) is 3. The van der Waals surface area contributed by atoms with E-state index >= 15 is 0 Å².